The lowest BCUT2D eigenvalue weighted by Gasteiger charge is -2.10. The molecule has 0 spiro atoms. The van der Waals surface area contributed by atoms with E-state index in [0.29, 0.717) is 5.57 Å². The van der Waals surface area contributed by atoms with Crippen molar-refractivity contribution in [1.29, 1.82) is 0 Å². The quantitative estimate of drug-likeness (QED) is 0.682. The van der Waals surface area contributed by atoms with E-state index in [-0.39, 0.29) is 26.9 Å². The maximum Gasteiger partial charge on any atom is 0.323 e. The van der Waals surface area contributed by atoms with E-state index in [2.05, 4.69) is 0 Å². The Hall–Kier alpha value is -1.92. The number of nitrogens with zero attached hydrogens (tertiary/aromatic N) is 1. The predicted octanol–water partition coefficient (Wildman–Crippen LogP) is 2.92. The SMILES string of the molecule is [2H]c1c([2H])c([2H])c(/C=C(\C)C=C2SC(=S)N(CC(=O)O)C2=O)c([2H])c1[2H]. The molecule has 4 nitrogen and oxygen atoms in total. The monoisotopic (exact) mass is 324 g/mol. The second kappa shape index (κ2) is 6.69. The molecule has 6 heteroatoms. The van der Waals surface area contributed by atoms with Gasteiger partial charge in [0.15, 0.2) is 0 Å². The van der Waals surface area contributed by atoms with Crippen molar-refractivity contribution in [2.45, 2.75) is 6.92 Å². The Morgan fingerprint density at radius 3 is 2.76 bits per heavy atom. The van der Waals surface area contributed by atoms with Crippen molar-refractivity contribution >= 4 is 46.3 Å². The molecule has 1 N–H and O–H groups in total. The average molecular weight is 324 g/mol. The lowest BCUT2D eigenvalue weighted by Crippen LogP contribution is -2.33. The third kappa shape index (κ3) is 4.03. The van der Waals surface area contributed by atoms with Gasteiger partial charge in [0.1, 0.15) is 10.9 Å². The fourth-order valence-electron chi connectivity index (χ4n) is 1.58. The molecule has 1 amide bonds. The summed E-state index contributed by atoms with van der Waals surface area (Å²) in [6.07, 6.45) is 2.83. The van der Waals surface area contributed by atoms with E-state index in [1.54, 1.807) is 6.92 Å². The second-order valence-corrected chi connectivity index (χ2v) is 5.76. The molecule has 1 fully saturated rings. The van der Waals surface area contributed by atoms with Crippen LogP contribution in [0.1, 0.15) is 19.3 Å². The minimum atomic E-state index is -1.19. The van der Waals surface area contributed by atoms with E-state index < -0.39 is 36.5 Å². The Kier molecular flexibility index (Phi) is 3.16. The minimum absolute atomic E-state index is 0.00534. The molecule has 0 unspecified atom stereocenters. The minimum Gasteiger partial charge on any atom is -0.480 e. The van der Waals surface area contributed by atoms with Gasteiger partial charge in [-0.05, 0) is 24.1 Å². The highest BCUT2D eigenvalue weighted by atomic mass is 32.2. The van der Waals surface area contributed by atoms with Crippen LogP contribution >= 0.6 is 24.0 Å². The molecule has 0 bridgehead atoms. The smallest absolute Gasteiger partial charge is 0.323 e. The zero-order chi connectivity index (χ0) is 19.8. The number of hydrogen-bond donors (Lipinski definition) is 1. The van der Waals surface area contributed by atoms with Gasteiger partial charge in [0.05, 0.1) is 11.8 Å². The van der Waals surface area contributed by atoms with Gasteiger partial charge < -0.3 is 5.11 Å². The Labute approximate surface area is 139 Å². The van der Waals surface area contributed by atoms with Crippen LogP contribution in [0.15, 0.2) is 46.8 Å². The molecule has 1 saturated heterocycles. The van der Waals surface area contributed by atoms with Crippen LogP contribution in [0.3, 0.4) is 0 Å². The van der Waals surface area contributed by atoms with Crippen LogP contribution in [0.2, 0.25) is 0 Å². The van der Waals surface area contributed by atoms with Crippen LogP contribution in [0, 0.1) is 0 Å². The van der Waals surface area contributed by atoms with Crippen LogP contribution in [0.25, 0.3) is 6.08 Å². The number of thioether (sulfide) groups is 1. The van der Waals surface area contributed by atoms with E-state index >= 15 is 0 Å². The first-order chi connectivity index (χ1) is 12.0. The summed E-state index contributed by atoms with van der Waals surface area (Å²) in [6.45, 7) is 1.07. The maximum absolute atomic E-state index is 12.2. The first-order valence-corrected chi connectivity index (χ1v) is 6.99. The van der Waals surface area contributed by atoms with Gasteiger partial charge >= 0.3 is 5.97 Å². The van der Waals surface area contributed by atoms with Crippen molar-refractivity contribution < 1.29 is 21.5 Å². The molecule has 0 radical (unpaired) electrons. The van der Waals surface area contributed by atoms with Crippen molar-refractivity contribution in [3.8, 4) is 0 Å². The molecule has 1 aliphatic heterocycles. The molecular formula is C15H13NO3S2. The van der Waals surface area contributed by atoms with E-state index in [1.165, 1.54) is 12.2 Å². The molecule has 1 heterocycles. The number of carboxylic acids is 1. The number of benzene rings is 1. The summed E-state index contributed by atoms with van der Waals surface area (Å²) in [4.78, 5) is 24.2. The first-order valence-electron chi connectivity index (χ1n) is 8.27. The summed E-state index contributed by atoms with van der Waals surface area (Å²) >= 11 is 5.95. The number of rotatable bonds is 4. The maximum atomic E-state index is 12.2. The normalized spacial score (nSPS) is 21.0. The molecule has 0 aromatic heterocycles. The average Bonchev–Trinajstić information content (AvgIpc) is 2.82. The van der Waals surface area contributed by atoms with Crippen molar-refractivity contribution in [3.63, 3.8) is 0 Å². The Balaban J connectivity index is 2.41. The topological polar surface area (TPSA) is 57.6 Å². The third-order valence-electron chi connectivity index (χ3n) is 2.42. The summed E-state index contributed by atoms with van der Waals surface area (Å²) in [5, 5.41) is 8.82. The summed E-state index contributed by atoms with van der Waals surface area (Å²) in [6, 6.07) is -2.07. The highest BCUT2D eigenvalue weighted by Gasteiger charge is 2.33. The van der Waals surface area contributed by atoms with E-state index in [4.69, 9.17) is 24.2 Å². The molecule has 0 saturated carbocycles. The Morgan fingerprint density at radius 2 is 2.14 bits per heavy atom. The number of thiocarbonyl (C=S) groups is 1. The number of allylic oxidation sites excluding steroid dienone is 2. The first kappa shape index (κ1) is 9.92. The highest BCUT2D eigenvalue weighted by Crippen LogP contribution is 2.31. The van der Waals surface area contributed by atoms with Gasteiger partial charge in [-0.2, -0.15) is 0 Å². The van der Waals surface area contributed by atoms with Gasteiger partial charge in [0.2, 0.25) is 0 Å². The third-order valence-corrected chi connectivity index (χ3v) is 3.79. The molecular weight excluding hydrogens is 306 g/mol. The number of amides is 1. The van der Waals surface area contributed by atoms with Crippen LogP contribution in [-0.4, -0.2) is 32.7 Å². The highest BCUT2D eigenvalue weighted by molar-refractivity contribution is 8.26. The van der Waals surface area contributed by atoms with Crippen LogP contribution in [0.5, 0.6) is 0 Å². The standard InChI is InChI=1S/C15H13NO3S2/c1-10(7-11-5-3-2-4-6-11)8-12-14(19)16(9-13(17)18)15(20)21-12/h2-8H,9H2,1H3,(H,17,18)/b10-7+,12-8?/i2D,3D,4D,5D,6D. The molecule has 0 atom stereocenters. The largest absolute Gasteiger partial charge is 0.480 e. The molecule has 1 aromatic carbocycles. The van der Waals surface area contributed by atoms with Gasteiger partial charge in [0.25, 0.3) is 5.91 Å². The molecule has 21 heavy (non-hydrogen) atoms. The number of carbonyl (C=O) groups is 2. The van der Waals surface area contributed by atoms with Crippen LogP contribution in [0.4, 0.5) is 0 Å². The summed E-state index contributed by atoms with van der Waals surface area (Å²) in [5.74, 6) is -1.73. The van der Waals surface area contributed by atoms with Gasteiger partial charge in [-0.3, -0.25) is 14.5 Å². The van der Waals surface area contributed by atoms with Crippen molar-refractivity contribution in [1.82, 2.24) is 4.90 Å². The Bertz CT molecular complexity index is 869. The van der Waals surface area contributed by atoms with Crippen molar-refractivity contribution in [2.75, 3.05) is 6.54 Å². The lowest BCUT2D eigenvalue weighted by molar-refractivity contribution is -0.140. The van der Waals surface area contributed by atoms with Crippen molar-refractivity contribution in [3.05, 3.63) is 52.3 Å². The lowest BCUT2D eigenvalue weighted by atomic mass is 10.1. The van der Waals surface area contributed by atoms with Gasteiger partial charge in [-0.1, -0.05) is 60.3 Å². The fraction of sp³-hybridized carbons (Fsp3) is 0.133. The van der Waals surface area contributed by atoms with E-state index in [1.807, 2.05) is 0 Å². The number of aliphatic carboxylic acids is 1. The number of carbonyl (C=O) groups excluding carboxylic acids is 1. The Morgan fingerprint density at radius 1 is 1.48 bits per heavy atom. The van der Waals surface area contributed by atoms with Crippen LogP contribution in [-0.2, 0) is 9.59 Å². The number of hydrogen-bond acceptors (Lipinski definition) is 4. The summed E-state index contributed by atoms with van der Waals surface area (Å²) in [5.41, 5.74) is 0.463. The summed E-state index contributed by atoms with van der Waals surface area (Å²) in [7, 11) is 0. The molecule has 2 rings (SSSR count). The molecule has 1 aliphatic rings. The van der Waals surface area contributed by atoms with Crippen molar-refractivity contribution in [2.24, 2.45) is 0 Å². The predicted molar refractivity (Wildman–Crippen MR) is 87.7 cm³/mol. The second-order valence-electron chi connectivity index (χ2n) is 4.09. The van der Waals surface area contributed by atoms with E-state index in [0.717, 1.165) is 16.7 Å². The molecule has 108 valence electrons. The van der Waals surface area contributed by atoms with Gasteiger partial charge in [-0.15, -0.1) is 0 Å². The molecule has 1 aromatic rings. The summed E-state index contributed by atoms with van der Waals surface area (Å²) < 4.78 is 38.8. The van der Waals surface area contributed by atoms with Gasteiger partial charge in [-0.25, -0.2) is 0 Å². The van der Waals surface area contributed by atoms with E-state index in [9.17, 15) is 9.59 Å². The fourth-order valence-corrected chi connectivity index (χ4v) is 2.88. The molecule has 0 aliphatic carbocycles. The van der Waals surface area contributed by atoms with Gasteiger partial charge in [0, 0.05) is 0 Å². The zero-order valence-corrected chi connectivity index (χ0v) is 12.5. The van der Waals surface area contributed by atoms with Crippen LogP contribution < -0.4 is 0 Å². The number of carboxylic acid groups (broad SMARTS) is 1. The zero-order valence-electron chi connectivity index (χ0n) is 15.9.